The minimum Gasteiger partial charge on any atom is -0.0795 e. The maximum atomic E-state index is 2.45. The van der Waals surface area contributed by atoms with E-state index in [4.69, 9.17) is 0 Å². The van der Waals surface area contributed by atoms with E-state index in [1.807, 2.05) is 11.8 Å². The largest absolute Gasteiger partial charge is 0.179 e. The molecule has 1 aliphatic rings. The van der Waals surface area contributed by atoms with Gasteiger partial charge < -0.3 is 0 Å². The quantitative estimate of drug-likeness (QED) is 0.421. The van der Waals surface area contributed by atoms with Gasteiger partial charge in [0.1, 0.15) is 5.41 Å². The molecule has 0 amide bonds. The summed E-state index contributed by atoms with van der Waals surface area (Å²) in [6.07, 6.45) is 8.97. The molecule has 22 heavy (non-hydrogen) atoms. The van der Waals surface area contributed by atoms with E-state index in [1.54, 1.807) is 0 Å². The van der Waals surface area contributed by atoms with E-state index in [0.717, 1.165) is 0 Å². The van der Waals surface area contributed by atoms with Gasteiger partial charge in [0.25, 0.3) is 0 Å². The van der Waals surface area contributed by atoms with E-state index in [2.05, 4.69) is 66.9 Å². The van der Waals surface area contributed by atoms with Crippen molar-refractivity contribution in [2.75, 3.05) is 0 Å². The fraction of sp³-hybridized carbons (Fsp3) is 0.300. The van der Waals surface area contributed by atoms with Crippen molar-refractivity contribution < 1.29 is 0 Å². The van der Waals surface area contributed by atoms with Gasteiger partial charge in [-0.1, -0.05) is 62.2 Å². The second kappa shape index (κ2) is 7.94. The molecule has 0 saturated heterocycles. The number of hydrogen-bond acceptors (Lipinski definition) is 1. The van der Waals surface area contributed by atoms with Gasteiger partial charge in [-0.2, -0.15) is 0 Å². The first-order valence-corrected chi connectivity index (χ1v) is 10.3. The Hall–Kier alpha value is -1.12. The number of benzene rings is 2. The Morgan fingerprint density at radius 2 is 1.50 bits per heavy atom. The standard InChI is InChI=1S/C20H23S2/c1-2-3-4-5-6-11-16-22-19-14-9-7-12-17(19)21-18-13-8-10-15-20(18)22/h7-16H,2-6H2,1H3/q+1. The number of unbranched alkanes of at least 4 members (excludes halogenated alkanes) is 4. The lowest BCUT2D eigenvalue weighted by Gasteiger charge is -2.16. The summed E-state index contributed by atoms with van der Waals surface area (Å²) in [6, 6.07) is 17.7. The highest BCUT2D eigenvalue weighted by Gasteiger charge is 2.33. The molecule has 2 aromatic carbocycles. The normalized spacial score (nSPS) is 14.0. The summed E-state index contributed by atoms with van der Waals surface area (Å²) >= 11 is 1.91. The third-order valence-corrected chi connectivity index (χ3v) is 7.38. The Kier molecular flexibility index (Phi) is 5.69. The molecule has 0 aliphatic carbocycles. The second-order valence-corrected chi connectivity index (χ2v) is 8.47. The minimum atomic E-state index is 0.0969. The lowest BCUT2D eigenvalue weighted by molar-refractivity contribution is 0.675. The Morgan fingerprint density at radius 1 is 0.864 bits per heavy atom. The van der Waals surface area contributed by atoms with Gasteiger partial charge in [0.2, 0.25) is 0 Å². The lowest BCUT2D eigenvalue weighted by atomic mass is 10.2. The summed E-state index contributed by atoms with van der Waals surface area (Å²) in [4.78, 5) is 5.80. The molecule has 3 rings (SSSR count). The van der Waals surface area contributed by atoms with Gasteiger partial charge in [-0.15, -0.1) is 0 Å². The Labute approximate surface area is 141 Å². The summed E-state index contributed by atoms with van der Waals surface area (Å²) in [7, 11) is 0.0969. The predicted molar refractivity (Wildman–Crippen MR) is 98.8 cm³/mol. The van der Waals surface area contributed by atoms with Crippen molar-refractivity contribution in [3.05, 3.63) is 60.0 Å². The number of hydrogen-bond donors (Lipinski definition) is 0. The van der Waals surface area contributed by atoms with Crippen molar-refractivity contribution in [1.29, 1.82) is 0 Å². The molecular formula is C20H23S2+. The number of fused-ring (bicyclic) bond motifs is 2. The molecule has 114 valence electrons. The fourth-order valence-electron chi connectivity index (χ4n) is 2.67. The van der Waals surface area contributed by atoms with Crippen LogP contribution in [0.5, 0.6) is 0 Å². The number of allylic oxidation sites excluding steroid dienone is 1. The van der Waals surface area contributed by atoms with Crippen molar-refractivity contribution >= 4 is 22.7 Å². The average Bonchev–Trinajstić information content (AvgIpc) is 2.57. The molecule has 0 bridgehead atoms. The van der Waals surface area contributed by atoms with Gasteiger partial charge >= 0.3 is 0 Å². The van der Waals surface area contributed by atoms with Crippen LogP contribution in [0.3, 0.4) is 0 Å². The van der Waals surface area contributed by atoms with E-state index in [9.17, 15) is 0 Å². The molecule has 0 unspecified atom stereocenters. The Bertz CT molecular complexity index is 600. The Balaban J connectivity index is 1.79. The van der Waals surface area contributed by atoms with E-state index in [0.29, 0.717) is 0 Å². The van der Waals surface area contributed by atoms with Gasteiger partial charge in [0.05, 0.1) is 20.7 Å². The molecule has 0 N–H and O–H groups in total. The van der Waals surface area contributed by atoms with Crippen molar-refractivity contribution in [3.8, 4) is 0 Å². The molecule has 0 aromatic heterocycles. The molecule has 0 fully saturated rings. The van der Waals surface area contributed by atoms with Gasteiger partial charge in [-0.05, 0) is 43.2 Å². The zero-order valence-corrected chi connectivity index (χ0v) is 14.8. The molecule has 1 aliphatic heterocycles. The molecule has 0 spiro atoms. The minimum absolute atomic E-state index is 0.0969. The highest BCUT2D eigenvalue weighted by Crippen LogP contribution is 2.45. The molecule has 0 atom stereocenters. The summed E-state index contributed by atoms with van der Waals surface area (Å²) in [5.41, 5.74) is 0. The lowest BCUT2D eigenvalue weighted by Crippen LogP contribution is -2.07. The molecule has 1 heterocycles. The van der Waals surface area contributed by atoms with Crippen LogP contribution in [0.4, 0.5) is 0 Å². The molecule has 0 saturated carbocycles. The zero-order valence-electron chi connectivity index (χ0n) is 13.1. The van der Waals surface area contributed by atoms with Crippen molar-refractivity contribution in [2.24, 2.45) is 0 Å². The zero-order chi connectivity index (χ0) is 15.2. The summed E-state index contributed by atoms with van der Waals surface area (Å²) < 4.78 is 0. The van der Waals surface area contributed by atoms with Gasteiger partial charge in [-0.3, -0.25) is 0 Å². The van der Waals surface area contributed by atoms with Crippen LogP contribution in [-0.2, 0) is 10.9 Å². The highest BCUT2D eigenvalue weighted by atomic mass is 32.2. The molecular weight excluding hydrogens is 304 g/mol. The summed E-state index contributed by atoms with van der Waals surface area (Å²) in [5.74, 6) is 0. The molecule has 0 nitrogen and oxygen atoms in total. The maximum Gasteiger partial charge on any atom is 0.179 e. The van der Waals surface area contributed by atoms with Crippen molar-refractivity contribution in [3.63, 3.8) is 0 Å². The first kappa shape index (κ1) is 15.8. The average molecular weight is 328 g/mol. The monoisotopic (exact) mass is 327 g/mol. The van der Waals surface area contributed by atoms with E-state index < -0.39 is 0 Å². The van der Waals surface area contributed by atoms with Crippen LogP contribution < -0.4 is 0 Å². The predicted octanol–water partition coefficient (Wildman–Crippen LogP) is 6.67. The third kappa shape index (κ3) is 3.61. The summed E-state index contributed by atoms with van der Waals surface area (Å²) in [5, 5.41) is 2.45. The highest BCUT2D eigenvalue weighted by molar-refractivity contribution is 8.05. The smallest absolute Gasteiger partial charge is 0.0795 e. The van der Waals surface area contributed by atoms with Crippen LogP contribution in [-0.4, -0.2) is 0 Å². The topological polar surface area (TPSA) is 0 Å². The van der Waals surface area contributed by atoms with E-state index in [1.165, 1.54) is 51.7 Å². The third-order valence-electron chi connectivity index (χ3n) is 3.85. The molecule has 2 heteroatoms. The van der Waals surface area contributed by atoms with Crippen LogP contribution in [0, 0.1) is 0 Å². The van der Waals surface area contributed by atoms with Crippen LogP contribution in [0.1, 0.15) is 39.0 Å². The van der Waals surface area contributed by atoms with Gasteiger partial charge in [-0.25, -0.2) is 0 Å². The van der Waals surface area contributed by atoms with Crippen LogP contribution >= 0.6 is 11.8 Å². The van der Waals surface area contributed by atoms with Gasteiger partial charge in [0, 0.05) is 0 Å². The van der Waals surface area contributed by atoms with Gasteiger partial charge in [0.15, 0.2) is 9.79 Å². The van der Waals surface area contributed by atoms with Crippen LogP contribution in [0.2, 0.25) is 0 Å². The van der Waals surface area contributed by atoms with E-state index in [-0.39, 0.29) is 10.9 Å². The Morgan fingerprint density at radius 3 is 2.14 bits per heavy atom. The summed E-state index contributed by atoms with van der Waals surface area (Å²) in [6.45, 7) is 2.27. The van der Waals surface area contributed by atoms with Crippen molar-refractivity contribution in [2.45, 2.75) is 58.6 Å². The molecule has 0 radical (unpaired) electrons. The SMILES string of the molecule is CCCCCCC=C[S+]1c2ccccc2Sc2ccccc21. The first-order valence-electron chi connectivity index (χ1n) is 8.16. The van der Waals surface area contributed by atoms with Crippen LogP contribution in [0.15, 0.2) is 79.6 Å². The molecule has 2 aromatic rings. The first-order chi connectivity index (χ1) is 10.9. The second-order valence-electron chi connectivity index (χ2n) is 5.55. The van der Waals surface area contributed by atoms with Crippen molar-refractivity contribution in [1.82, 2.24) is 0 Å². The maximum absolute atomic E-state index is 2.45. The number of rotatable bonds is 6. The van der Waals surface area contributed by atoms with E-state index >= 15 is 0 Å². The van der Waals surface area contributed by atoms with Crippen LogP contribution in [0.25, 0.3) is 0 Å². The fourth-order valence-corrected chi connectivity index (χ4v) is 6.20.